The van der Waals surface area contributed by atoms with E-state index in [2.05, 4.69) is 5.32 Å². The largest absolute Gasteiger partial charge is 0.487 e. The Balaban J connectivity index is 1.67. The molecule has 0 radical (unpaired) electrons. The summed E-state index contributed by atoms with van der Waals surface area (Å²) in [5.74, 6) is -10.9. The SMILES string of the molecule is CCOc1ccc(C(=O)NC(=S)N2CCN(c3c(F)c(F)c(F)c(F)c3F)CC2)cc1[N+](=O)[O-]. The highest BCUT2D eigenvalue weighted by Crippen LogP contribution is 2.31. The molecule has 1 aliphatic heterocycles. The van der Waals surface area contributed by atoms with Gasteiger partial charge in [-0.2, -0.15) is 0 Å². The number of ether oxygens (including phenoxy) is 1. The van der Waals surface area contributed by atoms with Gasteiger partial charge in [-0.05, 0) is 31.3 Å². The van der Waals surface area contributed by atoms with Crippen molar-refractivity contribution in [3.05, 3.63) is 63.0 Å². The van der Waals surface area contributed by atoms with E-state index < -0.39 is 51.3 Å². The number of thiocarbonyl (C=S) groups is 1. The van der Waals surface area contributed by atoms with Gasteiger partial charge in [-0.3, -0.25) is 20.2 Å². The van der Waals surface area contributed by atoms with Crippen LogP contribution in [0.3, 0.4) is 0 Å². The van der Waals surface area contributed by atoms with Crippen molar-refractivity contribution >= 4 is 34.6 Å². The number of anilines is 1. The zero-order chi connectivity index (χ0) is 25.2. The minimum atomic E-state index is -2.24. The first-order valence-corrected chi connectivity index (χ1v) is 10.3. The molecule has 34 heavy (non-hydrogen) atoms. The number of rotatable bonds is 5. The summed E-state index contributed by atoms with van der Waals surface area (Å²) in [7, 11) is 0. The summed E-state index contributed by atoms with van der Waals surface area (Å²) >= 11 is 5.17. The van der Waals surface area contributed by atoms with Crippen molar-refractivity contribution in [3.8, 4) is 5.75 Å². The van der Waals surface area contributed by atoms with Crippen molar-refractivity contribution in [2.45, 2.75) is 6.92 Å². The Morgan fingerprint density at radius 1 is 1.06 bits per heavy atom. The van der Waals surface area contributed by atoms with Crippen molar-refractivity contribution in [1.82, 2.24) is 10.2 Å². The quantitative estimate of drug-likeness (QED) is 0.167. The Bertz CT molecular complexity index is 1130. The summed E-state index contributed by atoms with van der Waals surface area (Å²) in [4.78, 5) is 25.5. The molecule has 182 valence electrons. The molecule has 2 aromatic carbocycles. The summed E-state index contributed by atoms with van der Waals surface area (Å²) in [6.07, 6.45) is 0. The smallest absolute Gasteiger partial charge is 0.311 e. The average molecular weight is 504 g/mol. The Morgan fingerprint density at radius 2 is 1.62 bits per heavy atom. The van der Waals surface area contributed by atoms with Gasteiger partial charge in [0, 0.05) is 37.8 Å². The number of hydrogen-bond acceptors (Lipinski definition) is 6. The molecule has 8 nitrogen and oxygen atoms in total. The fraction of sp³-hybridized carbons (Fsp3) is 0.300. The molecule has 0 spiro atoms. The highest BCUT2D eigenvalue weighted by atomic mass is 32.1. The van der Waals surface area contributed by atoms with E-state index in [-0.39, 0.29) is 49.2 Å². The number of amides is 1. The number of hydrogen-bond donors (Lipinski definition) is 1. The number of nitrogens with zero attached hydrogens (tertiary/aromatic N) is 3. The molecule has 1 saturated heterocycles. The van der Waals surface area contributed by atoms with Crippen LogP contribution in [0, 0.1) is 39.2 Å². The van der Waals surface area contributed by atoms with Crippen LogP contribution in [0.15, 0.2) is 18.2 Å². The first kappa shape index (κ1) is 25.1. The van der Waals surface area contributed by atoms with E-state index in [1.165, 1.54) is 17.0 Å². The highest BCUT2D eigenvalue weighted by molar-refractivity contribution is 7.80. The Morgan fingerprint density at radius 3 is 2.15 bits per heavy atom. The predicted octanol–water partition coefficient (Wildman–Crippen LogP) is 3.53. The van der Waals surface area contributed by atoms with Crippen LogP contribution in [0.4, 0.5) is 33.3 Å². The molecule has 1 N–H and O–H groups in total. The lowest BCUT2D eigenvalue weighted by molar-refractivity contribution is -0.385. The lowest BCUT2D eigenvalue weighted by atomic mass is 10.1. The maximum absolute atomic E-state index is 14.1. The predicted molar refractivity (Wildman–Crippen MR) is 114 cm³/mol. The molecule has 0 bridgehead atoms. The average Bonchev–Trinajstić information content (AvgIpc) is 2.82. The second-order valence-electron chi connectivity index (χ2n) is 7.02. The number of nitro benzene ring substituents is 1. The molecule has 3 rings (SSSR count). The van der Waals surface area contributed by atoms with Crippen LogP contribution >= 0.6 is 12.2 Å². The number of carbonyl (C=O) groups excluding carboxylic acids is 1. The van der Waals surface area contributed by atoms with Gasteiger partial charge in [0.15, 0.2) is 34.1 Å². The first-order valence-electron chi connectivity index (χ1n) is 9.84. The van der Waals surface area contributed by atoms with Gasteiger partial charge >= 0.3 is 5.69 Å². The van der Waals surface area contributed by atoms with E-state index in [1.54, 1.807) is 6.92 Å². The number of piperazine rings is 1. The number of nitrogens with one attached hydrogen (secondary N) is 1. The minimum Gasteiger partial charge on any atom is -0.487 e. The van der Waals surface area contributed by atoms with Crippen LogP contribution < -0.4 is 15.0 Å². The molecule has 0 aromatic heterocycles. The van der Waals surface area contributed by atoms with E-state index in [9.17, 15) is 36.9 Å². The van der Waals surface area contributed by atoms with Gasteiger partial charge in [0.05, 0.1) is 11.5 Å². The van der Waals surface area contributed by atoms with E-state index in [1.807, 2.05) is 0 Å². The zero-order valence-electron chi connectivity index (χ0n) is 17.5. The first-order chi connectivity index (χ1) is 16.1. The van der Waals surface area contributed by atoms with Gasteiger partial charge in [-0.25, -0.2) is 22.0 Å². The van der Waals surface area contributed by atoms with E-state index in [0.717, 1.165) is 11.0 Å². The monoisotopic (exact) mass is 504 g/mol. The molecule has 0 unspecified atom stereocenters. The number of halogens is 5. The molecule has 2 aromatic rings. The van der Waals surface area contributed by atoms with Gasteiger partial charge in [-0.15, -0.1) is 0 Å². The van der Waals surface area contributed by atoms with Crippen molar-refractivity contribution in [1.29, 1.82) is 0 Å². The van der Waals surface area contributed by atoms with Crippen LogP contribution in [0.1, 0.15) is 17.3 Å². The van der Waals surface area contributed by atoms with E-state index >= 15 is 0 Å². The molecule has 0 atom stereocenters. The number of benzene rings is 2. The molecule has 1 aliphatic rings. The van der Waals surface area contributed by atoms with Crippen LogP contribution in [-0.2, 0) is 0 Å². The highest BCUT2D eigenvalue weighted by Gasteiger charge is 2.31. The third-order valence-corrected chi connectivity index (χ3v) is 5.37. The summed E-state index contributed by atoms with van der Waals surface area (Å²) < 4.78 is 73.5. The summed E-state index contributed by atoms with van der Waals surface area (Å²) in [5, 5.41) is 13.6. The summed E-state index contributed by atoms with van der Waals surface area (Å²) in [6, 6.07) is 3.63. The van der Waals surface area contributed by atoms with Crippen LogP contribution in [0.2, 0.25) is 0 Å². The molecule has 0 aliphatic carbocycles. The van der Waals surface area contributed by atoms with E-state index in [4.69, 9.17) is 17.0 Å². The molecular formula is C20H17F5N4O4S. The maximum Gasteiger partial charge on any atom is 0.311 e. The molecule has 1 amide bonds. The Hall–Kier alpha value is -3.55. The van der Waals surface area contributed by atoms with Crippen LogP contribution in [0.25, 0.3) is 0 Å². The number of nitro groups is 1. The fourth-order valence-corrected chi connectivity index (χ4v) is 3.61. The fourth-order valence-electron chi connectivity index (χ4n) is 3.33. The zero-order valence-corrected chi connectivity index (χ0v) is 18.4. The molecule has 14 heteroatoms. The Kier molecular flexibility index (Phi) is 7.49. The third-order valence-electron chi connectivity index (χ3n) is 5.01. The van der Waals surface area contributed by atoms with Gasteiger partial charge in [0.1, 0.15) is 5.69 Å². The number of carbonyl (C=O) groups is 1. The van der Waals surface area contributed by atoms with Crippen molar-refractivity contribution in [2.24, 2.45) is 0 Å². The second kappa shape index (κ2) is 10.2. The third kappa shape index (κ3) is 4.85. The molecule has 0 saturated carbocycles. The van der Waals surface area contributed by atoms with Gasteiger partial charge in [-0.1, -0.05) is 0 Å². The van der Waals surface area contributed by atoms with Crippen molar-refractivity contribution in [2.75, 3.05) is 37.7 Å². The van der Waals surface area contributed by atoms with Gasteiger partial charge in [0.25, 0.3) is 5.91 Å². The normalized spacial score (nSPS) is 13.6. The molecule has 1 fully saturated rings. The standard InChI is InChI=1S/C20H17F5N4O4S/c1-2-33-12-4-3-10(9-11(12)29(31)32)19(30)26-20(34)28-7-5-27(6-8-28)18-16(24)14(22)13(21)15(23)17(18)25/h3-4,9H,2,5-8H2,1H3,(H,26,30,34). The maximum atomic E-state index is 14.1. The second-order valence-corrected chi connectivity index (χ2v) is 7.41. The van der Waals surface area contributed by atoms with Crippen LogP contribution in [0.5, 0.6) is 5.75 Å². The van der Waals surface area contributed by atoms with Gasteiger partial charge in [0.2, 0.25) is 5.82 Å². The van der Waals surface area contributed by atoms with Gasteiger partial charge < -0.3 is 14.5 Å². The van der Waals surface area contributed by atoms with E-state index in [0.29, 0.717) is 0 Å². The lowest BCUT2D eigenvalue weighted by Gasteiger charge is -2.37. The molecule has 1 heterocycles. The molecular weight excluding hydrogens is 487 g/mol. The summed E-state index contributed by atoms with van der Waals surface area (Å²) in [6.45, 7) is 1.54. The van der Waals surface area contributed by atoms with Crippen LogP contribution in [-0.4, -0.2) is 53.6 Å². The topological polar surface area (TPSA) is 88.0 Å². The lowest BCUT2D eigenvalue weighted by Crippen LogP contribution is -2.53. The van der Waals surface area contributed by atoms with Crippen molar-refractivity contribution in [3.63, 3.8) is 0 Å². The summed E-state index contributed by atoms with van der Waals surface area (Å²) in [5.41, 5.74) is -1.50. The van der Waals surface area contributed by atoms with Crippen molar-refractivity contribution < 1.29 is 36.4 Å². The Labute approximate surface area is 195 Å². The minimum absolute atomic E-state index is 0.00202.